The second kappa shape index (κ2) is 7.51. The first-order valence-corrected chi connectivity index (χ1v) is 8.18. The highest BCUT2D eigenvalue weighted by Gasteiger charge is 2.27. The number of phenolic OH excluding ortho intramolecular Hbond substituents is 1. The Morgan fingerprint density at radius 3 is 1.85 bits per heavy atom. The lowest BCUT2D eigenvalue weighted by Crippen LogP contribution is -2.01. The highest BCUT2D eigenvalue weighted by atomic mass is 16.5. The lowest BCUT2D eigenvalue weighted by molar-refractivity contribution is 0.323. The first kappa shape index (κ1) is 17.8. The van der Waals surface area contributed by atoms with Crippen molar-refractivity contribution in [2.24, 2.45) is 10.2 Å². The van der Waals surface area contributed by atoms with Crippen LogP contribution in [-0.4, -0.2) is 33.5 Å². The molecular formula is C19H22N2O5. The topological polar surface area (TPSA) is 81.9 Å². The van der Waals surface area contributed by atoms with E-state index in [9.17, 15) is 5.11 Å². The Morgan fingerprint density at radius 2 is 1.35 bits per heavy atom. The molecule has 1 N–H and O–H groups in total. The predicted octanol–water partition coefficient (Wildman–Crippen LogP) is 4.06. The second-order valence-corrected chi connectivity index (χ2v) is 5.89. The van der Waals surface area contributed by atoms with E-state index in [-0.39, 0.29) is 17.8 Å². The van der Waals surface area contributed by atoms with Crippen LogP contribution in [0, 0.1) is 0 Å². The number of benzene rings is 2. The van der Waals surface area contributed by atoms with E-state index in [1.54, 1.807) is 33.5 Å². The number of rotatable bonds is 6. The van der Waals surface area contributed by atoms with Gasteiger partial charge in [-0.2, -0.15) is 10.2 Å². The molecule has 2 unspecified atom stereocenters. The quantitative estimate of drug-likeness (QED) is 0.842. The van der Waals surface area contributed by atoms with Gasteiger partial charge in [0.2, 0.25) is 5.75 Å². The summed E-state index contributed by atoms with van der Waals surface area (Å²) in [7, 11) is 6.26. The van der Waals surface area contributed by atoms with E-state index in [1.165, 1.54) is 7.11 Å². The smallest absolute Gasteiger partial charge is 0.203 e. The van der Waals surface area contributed by atoms with Gasteiger partial charge in [-0.15, -0.1) is 0 Å². The summed E-state index contributed by atoms with van der Waals surface area (Å²) in [5.74, 6) is 2.25. The van der Waals surface area contributed by atoms with Crippen LogP contribution in [0.1, 0.15) is 29.6 Å². The van der Waals surface area contributed by atoms with Gasteiger partial charge in [-0.3, -0.25) is 0 Å². The highest BCUT2D eigenvalue weighted by Crippen LogP contribution is 2.45. The van der Waals surface area contributed by atoms with Crippen LogP contribution >= 0.6 is 0 Å². The maximum atomic E-state index is 9.98. The lowest BCUT2D eigenvalue weighted by atomic mass is 9.96. The average molecular weight is 358 g/mol. The van der Waals surface area contributed by atoms with Gasteiger partial charge in [0.05, 0.1) is 40.5 Å². The zero-order valence-corrected chi connectivity index (χ0v) is 15.2. The van der Waals surface area contributed by atoms with E-state index in [1.807, 2.05) is 18.2 Å². The average Bonchev–Trinajstić information content (AvgIpc) is 3.16. The maximum absolute atomic E-state index is 9.98. The monoisotopic (exact) mass is 358 g/mol. The molecule has 26 heavy (non-hydrogen) atoms. The molecule has 0 saturated heterocycles. The van der Waals surface area contributed by atoms with Crippen molar-refractivity contribution in [3.8, 4) is 28.7 Å². The lowest BCUT2D eigenvalue weighted by Gasteiger charge is -2.16. The van der Waals surface area contributed by atoms with Crippen molar-refractivity contribution in [2.45, 2.75) is 18.5 Å². The van der Waals surface area contributed by atoms with Crippen LogP contribution < -0.4 is 18.9 Å². The molecule has 2 aromatic rings. The van der Waals surface area contributed by atoms with Crippen LogP contribution in [0.3, 0.4) is 0 Å². The molecule has 3 rings (SSSR count). The minimum atomic E-state index is -0.129. The third kappa shape index (κ3) is 3.24. The number of hydrogen-bond acceptors (Lipinski definition) is 7. The molecule has 0 aliphatic carbocycles. The van der Waals surface area contributed by atoms with Gasteiger partial charge >= 0.3 is 0 Å². The normalized spacial score (nSPS) is 18.6. The zero-order chi connectivity index (χ0) is 18.7. The Hall–Kier alpha value is -2.96. The third-order valence-electron chi connectivity index (χ3n) is 4.45. The fourth-order valence-corrected chi connectivity index (χ4v) is 3.08. The first-order valence-electron chi connectivity index (χ1n) is 8.18. The summed E-state index contributed by atoms with van der Waals surface area (Å²) >= 11 is 0. The molecule has 2 aromatic carbocycles. The number of hydrogen-bond donors (Lipinski definition) is 1. The summed E-state index contributed by atoms with van der Waals surface area (Å²) in [6, 6.07) is 8.80. The molecule has 0 radical (unpaired) electrons. The van der Waals surface area contributed by atoms with Gasteiger partial charge in [0, 0.05) is 6.42 Å². The third-order valence-corrected chi connectivity index (χ3v) is 4.45. The maximum Gasteiger partial charge on any atom is 0.203 e. The SMILES string of the molecule is COc1ccc(C2CC(c3cc(OC)c(OC)c(OC)c3)N=N2)cc1O. The molecule has 0 spiro atoms. The molecule has 1 aliphatic rings. The van der Waals surface area contributed by atoms with Crippen molar-refractivity contribution in [1.82, 2.24) is 0 Å². The van der Waals surface area contributed by atoms with Gasteiger partial charge in [0.25, 0.3) is 0 Å². The summed E-state index contributed by atoms with van der Waals surface area (Å²) in [5, 5.41) is 18.8. The van der Waals surface area contributed by atoms with Crippen molar-refractivity contribution in [1.29, 1.82) is 0 Å². The van der Waals surface area contributed by atoms with Crippen LogP contribution in [0.15, 0.2) is 40.6 Å². The summed E-state index contributed by atoms with van der Waals surface area (Å²) in [6.45, 7) is 0. The molecule has 7 heteroatoms. The van der Waals surface area contributed by atoms with Gasteiger partial charge in [0.1, 0.15) is 0 Å². The van der Waals surface area contributed by atoms with E-state index in [0.717, 1.165) is 11.1 Å². The van der Waals surface area contributed by atoms with Crippen LogP contribution in [0.4, 0.5) is 0 Å². The molecule has 1 heterocycles. The van der Waals surface area contributed by atoms with Crippen molar-refractivity contribution in [3.05, 3.63) is 41.5 Å². The number of azo groups is 1. The van der Waals surface area contributed by atoms with E-state index < -0.39 is 0 Å². The second-order valence-electron chi connectivity index (χ2n) is 5.89. The van der Waals surface area contributed by atoms with Gasteiger partial charge in [-0.05, 0) is 35.4 Å². The first-order chi connectivity index (χ1) is 12.6. The molecule has 0 aromatic heterocycles. The van der Waals surface area contributed by atoms with Crippen molar-refractivity contribution >= 4 is 0 Å². The fourth-order valence-electron chi connectivity index (χ4n) is 3.08. The van der Waals surface area contributed by atoms with E-state index >= 15 is 0 Å². The molecule has 1 aliphatic heterocycles. The molecule has 0 amide bonds. The van der Waals surface area contributed by atoms with Crippen molar-refractivity contribution in [3.63, 3.8) is 0 Å². The molecule has 7 nitrogen and oxygen atoms in total. The number of nitrogens with zero attached hydrogens (tertiary/aromatic N) is 2. The predicted molar refractivity (Wildman–Crippen MR) is 95.7 cm³/mol. The van der Waals surface area contributed by atoms with E-state index in [0.29, 0.717) is 29.4 Å². The van der Waals surface area contributed by atoms with Gasteiger partial charge in [0.15, 0.2) is 23.0 Å². The van der Waals surface area contributed by atoms with Crippen LogP contribution in [-0.2, 0) is 0 Å². The summed E-state index contributed by atoms with van der Waals surface area (Å²) in [4.78, 5) is 0. The van der Waals surface area contributed by atoms with Gasteiger partial charge in [-0.25, -0.2) is 0 Å². The minimum absolute atomic E-state index is 0.0939. The fraction of sp³-hybridized carbons (Fsp3) is 0.368. The molecule has 2 atom stereocenters. The van der Waals surface area contributed by atoms with Crippen molar-refractivity contribution in [2.75, 3.05) is 28.4 Å². The summed E-state index contributed by atoms with van der Waals surface area (Å²) in [5.41, 5.74) is 1.82. The molecule has 0 saturated carbocycles. The molecular weight excluding hydrogens is 336 g/mol. The Kier molecular flexibility index (Phi) is 5.16. The Bertz CT molecular complexity index is 797. The Morgan fingerprint density at radius 1 is 0.769 bits per heavy atom. The number of aromatic hydroxyl groups is 1. The number of ether oxygens (including phenoxy) is 4. The van der Waals surface area contributed by atoms with Crippen LogP contribution in [0.5, 0.6) is 28.7 Å². The zero-order valence-electron chi connectivity index (χ0n) is 15.2. The standard InChI is InChI=1S/C19H22N2O5/c1-23-16-6-5-11(7-15(16)22)13-10-14(21-20-13)12-8-17(24-2)19(26-4)18(9-12)25-3/h5-9,13-14,22H,10H2,1-4H3. The minimum Gasteiger partial charge on any atom is -0.504 e. The van der Waals surface area contributed by atoms with Gasteiger partial charge in [-0.1, -0.05) is 6.07 Å². The molecule has 0 fully saturated rings. The van der Waals surface area contributed by atoms with Crippen LogP contribution in [0.25, 0.3) is 0 Å². The number of phenols is 1. The molecule has 138 valence electrons. The van der Waals surface area contributed by atoms with E-state index in [2.05, 4.69) is 10.2 Å². The summed E-state index contributed by atoms with van der Waals surface area (Å²) < 4.78 is 21.3. The largest absolute Gasteiger partial charge is 0.504 e. The van der Waals surface area contributed by atoms with Crippen molar-refractivity contribution < 1.29 is 24.1 Å². The Balaban J connectivity index is 1.85. The summed E-state index contributed by atoms with van der Waals surface area (Å²) in [6.07, 6.45) is 0.685. The number of methoxy groups -OCH3 is 4. The van der Waals surface area contributed by atoms with E-state index in [4.69, 9.17) is 18.9 Å². The molecule has 0 bridgehead atoms. The van der Waals surface area contributed by atoms with Crippen LogP contribution in [0.2, 0.25) is 0 Å². The van der Waals surface area contributed by atoms with Gasteiger partial charge < -0.3 is 24.1 Å². The highest BCUT2D eigenvalue weighted by molar-refractivity contribution is 5.54. The Labute approximate surface area is 152 Å².